The van der Waals surface area contributed by atoms with E-state index in [4.69, 9.17) is 9.97 Å². The molecule has 4 nitrogen and oxygen atoms in total. The largest absolute Gasteiger partial charge is 3.00 e. The molecule has 5 rings (SSSR count). The van der Waals surface area contributed by atoms with Gasteiger partial charge in [-0.1, -0.05) is 55.4 Å². The van der Waals surface area contributed by atoms with E-state index in [1.807, 2.05) is 0 Å². The van der Waals surface area contributed by atoms with Crippen LogP contribution in [-0.2, 0) is 38.5 Å². The molecule has 0 atom stereocenters. The molecule has 0 fully saturated rings. The van der Waals surface area contributed by atoms with Crippen molar-refractivity contribution in [3.8, 4) is 0 Å². The van der Waals surface area contributed by atoms with E-state index >= 15 is 0 Å². The molecule has 8 heteroatoms. The third kappa shape index (κ3) is 6.78. The summed E-state index contributed by atoms with van der Waals surface area (Å²) >= 11 is 0. The summed E-state index contributed by atoms with van der Waals surface area (Å²) in [6, 6.07) is 4.47. The van der Waals surface area contributed by atoms with Gasteiger partial charge in [0, 0.05) is 33.2 Å². The number of fused-ring (bicyclic) bond motifs is 8. The van der Waals surface area contributed by atoms with Crippen LogP contribution in [0.3, 0.4) is 0 Å². The minimum atomic E-state index is 0. The van der Waals surface area contributed by atoms with Gasteiger partial charge in [0.25, 0.3) is 0 Å². The van der Waals surface area contributed by atoms with Crippen molar-refractivity contribution < 1.29 is 37.2 Å². The Morgan fingerprint density at radius 1 is 0.455 bits per heavy atom. The van der Waals surface area contributed by atoms with Crippen LogP contribution in [0.5, 0.6) is 0 Å². The molecule has 0 unspecified atom stereocenters. The summed E-state index contributed by atoms with van der Waals surface area (Å²) in [5.41, 5.74) is 20.4. The Labute approximate surface area is 295 Å². The van der Waals surface area contributed by atoms with Crippen LogP contribution in [-0.4, -0.2) is 39.7 Å². The van der Waals surface area contributed by atoms with Crippen LogP contribution in [0.2, 0.25) is 0 Å². The summed E-state index contributed by atoms with van der Waals surface area (Å²) in [6.07, 6.45) is 12.1. The van der Waals surface area contributed by atoms with E-state index in [1.54, 1.807) is 0 Å². The maximum absolute atomic E-state index is 5.58. The SMILES string of the molecule is CCC1=C(CC)c2nc1c(CC)c1[nH]c(cc3nc(cc4[nH]c(c2CC)c(CC)c4CC)C=C3)c(CC)c1CC.[Cl-].[Cl-].[Cl-].[Ga+3]. The van der Waals surface area contributed by atoms with Crippen molar-refractivity contribution in [3.05, 3.63) is 68.3 Å². The number of aryl methyl sites for hydroxylation is 6. The van der Waals surface area contributed by atoms with Gasteiger partial charge < -0.3 is 47.2 Å². The summed E-state index contributed by atoms with van der Waals surface area (Å²) in [6.45, 7) is 18.3. The van der Waals surface area contributed by atoms with Crippen molar-refractivity contribution in [3.63, 3.8) is 0 Å². The van der Waals surface area contributed by atoms with Crippen molar-refractivity contribution in [2.45, 2.75) is 107 Å². The monoisotopic (exact) mass is 708 g/mol. The minimum Gasteiger partial charge on any atom is -1.00 e. The third-order valence-corrected chi connectivity index (χ3v) is 8.93. The maximum Gasteiger partial charge on any atom is 3.00 e. The Balaban J connectivity index is 0.00000242. The molecule has 0 amide bonds. The zero-order valence-electron chi connectivity index (χ0n) is 27.6. The molecule has 2 aliphatic rings. The average molecular weight is 711 g/mol. The Kier molecular flexibility index (Phi) is 15.6. The van der Waals surface area contributed by atoms with E-state index < -0.39 is 0 Å². The van der Waals surface area contributed by atoms with Gasteiger partial charge in [-0.25, -0.2) is 9.97 Å². The summed E-state index contributed by atoms with van der Waals surface area (Å²) in [5, 5.41) is 0. The van der Waals surface area contributed by atoms with Crippen LogP contribution >= 0.6 is 0 Å². The van der Waals surface area contributed by atoms with E-state index in [2.05, 4.69) is 89.6 Å². The number of H-pyrrole nitrogens is 2. The van der Waals surface area contributed by atoms with Crippen molar-refractivity contribution in [2.75, 3.05) is 0 Å². The normalized spacial score (nSPS) is 11.9. The Bertz CT molecular complexity index is 1580. The molecule has 8 bridgehead atoms. The Morgan fingerprint density at radius 2 is 0.795 bits per heavy atom. The molecule has 0 saturated heterocycles. The fraction of sp³-hybridized carbons (Fsp3) is 0.444. The zero-order valence-corrected chi connectivity index (χ0v) is 32.3. The minimum absolute atomic E-state index is 0. The van der Waals surface area contributed by atoms with Gasteiger partial charge in [0.15, 0.2) is 0 Å². The third-order valence-electron chi connectivity index (χ3n) is 8.93. The van der Waals surface area contributed by atoms with Crippen LogP contribution in [0, 0.1) is 0 Å². The number of hydrogen-bond donors (Lipinski definition) is 2. The number of hydrogen-bond acceptors (Lipinski definition) is 2. The van der Waals surface area contributed by atoms with Crippen LogP contribution in [0.25, 0.3) is 45.4 Å². The molecule has 0 spiro atoms. The van der Waals surface area contributed by atoms with Crippen molar-refractivity contribution in [2.24, 2.45) is 0 Å². The van der Waals surface area contributed by atoms with Crippen LogP contribution in [0.1, 0.15) is 124 Å². The second-order valence-electron chi connectivity index (χ2n) is 10.9. The van der Waals surface area contributed by atoms with E-state index in [0.717, 1.165) is 62.8 Å². The molecule has 234 valence electrons. The van der Waals surface area contributed by atoms with Crippen LogP contribution < -0.4 is 37.2 Å². The summed E-state index contributed by atoms with van der Waals surface area (Å²) < 4.78 is 0. The standard InChI is InChI=1S/C36H46N4.3ClH.Ga/c1-9-23-25(11-3)33-29(15-7)35-27(13-5)28(14-6)36(40-35)30(16-8)34-26(12-4)24(10-2)32(39-34)20-22-18-17-21(37-22)19-31(23)38-33;;;;/h17-20,38-39H,9-16H2,1-8H3;3*1H;/q;;;;+3/p-3. The van der Waals surface area contributed by atoms with Crippen molar-refractivity contribution >= 4 is 65.2 Å². The number of aromatic nitrogens is 4. The summed E-state index contributed by atoms with van der Waals surface area (Å²) in [5.74, 6) is 0. The van der Waals surface area contributed by atoms with E-state index in [9.17, 15) is 0 Å². The molecule has 3 aromatic heterocycles. The Morgan fingerprint density at radius 3 is 1.09 bits per heavy atom. The smallest absolute Gasteiger partial charge is 1.00 e. The molecule has 3 aromatic rings. The van der Waals surface area contributed by atoms with Gasteiger partial charge in [-0.2, -0.15) is 0 Å². The van der Waals surface area contributed by atoms with Crippen molar-refractivity contribution in [1.29, 1.82) is 0 Å². The van der Waals surface area contributed by atoms with Crippen LogP contribution in [0.15, 0.2) is 12.1 Å². The second kappa shape index (κ2) is 17.1. The molecule has 0 radical (unpaired) electrons. The first-order valence-corrected chi connectivity index (χ1v) is 15.7. The average Bonchev–Trinajstić information content (AvgIpc) is 3.73. The first kappa shape index (κ1) is 40.1. The van der Waals surface area contributed by atoms with E-state index in [-0.39, 0.29) is 57.0 Å². The fourth-order valence-electron chi connectivity index (χ4n) is 7.12. The molecule has 44 heavy (non-hydrogen) atoms. The predicted molar refractivity (Wildman–Crippen MR) is 179 cm³/mol. The van der Waals surface area contributed by atoms with Gasteiger partial charge in [-0.15, -0.1) is 0 Å². The van der Waals surface area contributed by atoms with Gasteiger partial charge in [0.1, 0.15) is 0 Å². The summed E-state index contributed by atoms with van der Waals surface area (Å²) in [7, 11) is 0. The molecule has 0 aromatic carbocycles. The van der Waals surface area contributed by atoms with Crippen molar-refractivity contribution in [1.82, 2.24) is 19.9 Å². The van der Waals surface area contributed by atoms with Gasteiger partial charge in [-0.05, 0) is 109 Å². The zero-order chi connectivity index (χ0) is 28.6. The Hall–Kier alpha value is -1.89. The number of halogens is 3. The molecule has 0 aliphatic carbocycles. The maximum atomic E-state index is 5.58. The number of nitrogens with zero attached hydrogens (tertiary/aromatic N) is 2. The molecule has 2 N–H and O–H groups in total. The number of allylic oxidation sites excluding steroid dienone is 2. The first-order chi connectivity index (χ1) is 19.5. The molecule has 5 heterocycles. The van der Waals surface area contributed by atoms with E-state index in [1.165, 1.54) is 78.0 Å². The van der Waals surface area contributed by atoms with Gasteiger partial charge in [0.05, 0.1) is 22.8 Å². The summed E-state index contributed by atoms with van der Waals surface area (Å²) in [4.78, 5) is 18.4. The fourth-order valence-corrected chi connectivity index (χ4v) is 7.12. The van der Waals surface area contributed by atoms with Crippen LogP contribution in [0.4, 0.5) is 0 Å². The molecular formula is C36H46Cl3GaN4. The topological polar surface area (TPSA) is 57.4 Å². The number of aromatic amines is 2. The molecule has 2 aliphatic heterocycles. The van der Waals surface area contributed by atoms with Gasteiger partial charge in [-0.3, -0.25) is 0 Å². The van der Waals surface area contributed by atoms with E-state index in [0.29, 0.717) is 0 Å². The second-order valence-corrected chi connectivity index (χ2v) is 10.9. The van der Waals surface area contributed by atoms with Gasteiger partial charge >= 0.3 is 19.8 Å². The molecule has 0 saturated carbocycles. The number of rotatable bonds is 8. The predicted octanol–water partition coefficient (Wildman–Crippen LogP) is 0.222. The van der Waals surface area contributed by atoms with Gasteiger partial charge in [0.2, 0.25) is 0 Å². The quantitative estimate of drug-likeness (QED) is 0.258. The molecular weight excluding hydrogens is 665 g/mol. The first-order valence-electron chi connectivity index (χ1n) is 15.7. The number of nitrogens with one attached hydrogen (secondary N) is 2.